The third kappa shape index (κ3) is 4.19. The molecule has 0 radical (unpaired) electrons. The van der Waals surface area contributed by atoms with E-state index >= 15 is 0 Å². The summed E-state index contributed by atoms with van der Waals surface area (Å²) in [6.45, 7) is 2.62. The van der Waals surface area contributed by atoms with Gasteiger partial charge >= 0.3 is 6.03 Å². The summed E-state index contributed by atoms with van der Waals surface area (Å²) in [7, 11) is 0. The van der Waals surface area contributed by atoms with Gasteiger partial charge in [-0.3, -0.25) is 0 Å². The van der Waals surface area contributed by atoms with Gasteiger partial charge in [-0.15, -0.1) is 11.3 Å². The summed E-state index contributed by atoms with van der Waals surface area (Å²) >= 11 is 1.65. The van der Waals surface area contributed by atoms with Gasteiger partial charge in [0.2, 0.25) is 0 Å². The van der Waals surface area contributed by atoms with Crippen LogP contribution in [0.3, 0.4) is 0 Å². The number of halogens is 1. The highest BCUT2D eigenvalue weighted by Gasteiger charge is 2.15. The third-order valence-corrected chi connectivity index (χ3v) is 4.66. The summed E-state index contributed by atoms with van der Waals surface area (Å²) in [4.78, 5) is 18.7. The van der Waals surface area contributed by atoms with Gasteiger partial charge in [-0.2, -0.15) is 0 Å². The molecule has 0 aliphatic carbocycles. The van der Waals surface area contributed by atoms with Crippen LogP contribution in [-0.4, -0.2) is 30.6 Å². The summed E-state index contributed by atoms with van der Waals surface area (Å²) in [6, 6.07) is 5.68. The number of anilines is 2. The number of carbonyl (C=O) groups excluding carboxylic acids is 1. The molecule has 3 rings (SSSR count). The maximum atomic E-state index is 13.4. The molecule has 1 aromatic carbocycles. The van der Waals surface area contributed by atoms with Gasteiger partial charge in [0.25, 0.3) is 0 Å². The van der Waals surface area contributed by atoms with Crippen molar-refractivity contribution in [3.63, 3.8) is 0 Å². The van der Waals surface area contributed by atoms with Gasteiger partial charge in [-0.25, -0.2) is 14.2 Å². The Bertz CT molecular complexity index is 670. The number of nitrogens with one attached hydrogen (secondary N) is 2. The summed E-state index contributed by atoms with van der Waals surface area (Å²) in [5, 5.41) is 8.31. The molecule has 2 aromatic rings. The Kier molecular flexibility index (Phi) is 5.07. The van der Waals surface area contributed by atoms with E-state index in [1.807, 2.05) is 5.38 Å². The molecule has 122 valence electrons. The van der Waals surface area contributed by atoms with Crippen molar-refractivity contribution in [2.45, 2.75) is 19.3 Å². The van der Waals surface area contributed by atoms with Gasteiger partial charge in [0.1, 0.15) is 5.82 Å². The van der Waals surface area contributed by atoms with E-state index in [0.717, 1.165) is 23.9 Å². The fourth-order valence-electron chi connectivity index (χ4n) is 2.50. The van der Waals surface area contributed by atoms with Crippen molar-refractivity contribution < 1.29 is 9.18 Å². The van der Waals surface area contributed by atoms with Gasteiger partial charge < -0.3 is 15.5 Å². The molecule has 0 bridgehead atoms. The van der Waals surface area contributed by atoms with Gasteiger partial charge in [-0.1, -0.05) is 12.1 Å². The van der Waals surface area contributed by atoms with Crippen LogP contribution in [0.5, 0.6) is 0 Å². The lowest BCUT2D eigenvalue weighted by molar-refractivity contribution is 0.252. The van der Waals surface area contributed by atoms with Crippen LogP contribution < -0.4 is 15.5 Å². The molecule has 1 aliphatic rings. The minimum atomic E-state index is -0.447. The average Bonchev–Trinajstić information content (AvgIpc) is 3.20. The number of aromatic nitrogens is 1. The quantitative estimate of drug-likeness (QED) is 0.882. The standard InChI is InChI=1S/C16H19FN4OS/c17-13-5-1-2-6-14(13)20-15(22)18-8-7-12-11-23-16(19-12)21-9-3-4-10-21/h1-2,5-6,11H,3-4,7-10H2,(H2,18,20,22). The first-order chi connectivity index (χ1) is 11.2. The molecule has 5 nitrogen and oxygen atoms in total. The molecule has 0 atom stereocenters. The minimum Gasteiger partial charge on any atom is -0.348 e. The molecule has 23 heavy (non-hydrogen) atoms. The summed E-state index contributed by atoms with van der Waals surface area (Å²) in [5.41, 5.74) is 1.15. The number of amides is 2. The van der Waals surface area contributed by atoms with Crippen molar-refractivity contribution in [3.05, 3.63) is 41.2 Å². The second-order valence-corrected chi connectivity index (χ2v) is 6.26. The average molecular weight is 334 g/mol. The molecule has 0 spiro atoms. The second-order valence-electron chi connectivity index (χ2n) is 5.43. The monoisotopic (exact) mass is 334 g/mol. The van der Waals surface area contributed by atoms with Gasteiger partial charge in [0.05, 0.1) is 11.4 Å². The minimum absolute atomic E-state index is 0.176. The number of thiazole rings is 1. The lowest BCUT2D eigenvalue weighted by Gasteiger charge is -2.12. The van der Waals surface area contributed by atoms with Gasteiger partial charge in [0, 0.05) is 31.4 Å². The van der Waals surface area contributed by atoms with Gasteiger partial charge in [-0.05, 0) is 25.0 Å². The van der Waals surface area contributed by atoms with Crippen LogP contribution >= 0.6 is 11.3 Å². The molecule has 2 heterocycles. The van der Waals surface area contributed by atoms with Crippen molar-refractivity contribution in [2.75, 3.05) is 29.9 Å². The summed E-state index contributed by atoms with van der Waals surface area (Å²) in [5.74, 6) is -0.447. The molecule has 1 saturated heterocycles. The van der Waals surface area contributed by atoms with E-state index in [0.29, 0.717) is 13.0 Å². The molecule has 2 amide bonds. The smallest absolute Gasteiger partial charge is 0.319 e. The zero-order valence-corrected chi connectivity index (χ0v) is 13.5. The summed E-state index contributed by atoms with van der Waals surface area (Å²) in [6.07, 6.45) is 3.12. The lowest BCUT2D eigenvalue weighted by Crippen LogP contribution is -2.30. The molecule has 7 heteroatoms. The van der Waals surface area contributed by atoms with Crippen LogP contribution in [0.4, 0.5) is 20.0 Å². The predicted octanol–water partition coefficient (Wildman–Crippen LogP) is 3.25. The number of para-hydroxylation sites is 1. The maximum Gasteiger partial charge on any atom is 0.319 e. The first kappa shape index (κ1) is 15.7. The molecule has 0 unspecified atom stereocenters. The van der Waals surface area contributed by atoms with Crippen molar-refractivity contribution in [1.29, 1.82) is 0 Å². The SMILES string of the molecule is O=C(NCCc1csc(N2CCCC2)n1)Nc1ccccc1F. The molecule has 1 aromatic heterocycles. The number of hydrogen-bond donors (Lipinski definition) is 2. The zero-order valence-electron chi connectivity index (χ0n) is 12.7. The number of nitrogens with zero attached hydrogens (tertiary/aromatic N) is 2. The molecule has 2 N–H and O–H groups in total. The Morgan fingerprint density at radius 1 is 1.30 bits per heavy atom. The normalized spacial score (nSPS) is 14.0. The Morgan fingerprint density at radius 2 is 2.09 bits per heavy atom. The van der Waals surface area contributed by atoms with E-state index in [1.54, 1.807) is 23.5 Å². The van der Waals surface area contributed by atoms with Crippen LogP contribution in [0.1, 0.15) is 18.5 Å². The third-order valence-electron chi connectivity index (χ3n) is 3.70. The van der Waals surface area contributed by atoms with E-state index in [9.17, 15) is 9.18 Å². The van der Waals surface area contributed by atoms with Crippen molar-refractivity contribution >= 4 is 28.2 Å². The fourth-order valence-corrected chi connectivity index (χ4v) is 3.41. The first-order valence-corrected chi connectivity index (χ1v) is 8.59. The number of urea groups is 1. The van der Waals surface area contributed by atoms with Crippen LogP contribution in [0.25, 0.3) is 0 Å². The number of hydrogen-bond acceptors (Lipinski definition) is 4. The van der Waals surface area contributed by atoms with Crippen LogP contribution in [0, 0.1) is 5.82 Å². The van der Waals surface area contributed by atoms with E-state index in [2.05, 4.69) is 20.5 Å². The largest absolute Gasteiger partial charge is 0.348 e. The van der Waals surface area contributed by atoms with Crippen molar-refractivity contribution in [3.8, 4) is 0 Å². The number of benzene rings is 1. The van der Waals surface area contributed by atoms with Crippen molar-refractivity contribution in [2.24, 2.45) is 0 Å². The molecule has 1 aliphatic heterocycles. The molecule has 1 fully saturated rings. The first-order valence-electron chi connectivity index (χ1n) is 7.71. The highest BCUT2D eigenvalue weighted by atomic mass is 32.1. The highest BCUT2D eigenvalue weighted by Crippen LogP contribution is 2.24. The summed E-state index contributed by atoms with van der Waals surface area (Å²) < 4.78 is 13.4. The van der Waals surface area contributed by atoms with Crippen molar-refractivity contribution in [1.82, 2.24) is 10.3 Å². The number of carbonyl (C=O) groups is 1. The van der Waals surface area contributed by atoms with Crippen LogP contribution in [0.2, 0.25) is 0 Å². The van der Waals surface area contributed by atoms with Crippen LogP contribution in [-0.2, 0) is 6.42 Å². The maximum absolute atomic E-state index is 13.4. The Hall–Kier alpha value is -2.15. The van der Waals surface area contributed by atoms with E-state index in [1.165, 1.54) is 25.0 Å². The predicted molar refractivity (Wildman–Crippen MR) is 90.7 cm³/mol. The van der Waals surface area contributed by atoms with E-state index < -0.39 is 11.8 Å². The Balaban J connectivity index is 1.44. The zero-order chi connectivity index (χ0) is 16.1. The van der Waals surface area contributed by atoms with E-state index in [-0.39, 0.29) is 5.69 Å². The lowest BCUT2D eigenvalue weighted by atomic mass is 10.3. The number of rotatable bonds is 5. The molecular weight excluding hydrogens is 315 g/mol. The Morgan fingerprint density at radius 3 is 2.87 bits per heavy atom. The van der Waals surface area contributed by atoms with Crippen LogP contribution in [0.15, 0.2) is 29.6 Å². The molecular formula is C16H19FN4OS. The second kappa shape index (κ2) is 7.41. The van der Waals surface area contributed by atoms with Gasteiger partial charge in [0.15, 0.2) is 5.13 Å². The Labute approximate surface area is 138 Å². The van der Waals surface area contributed by atoms with E-state index in [4.69, 9.17) is 0 Å². The fraction of sp³-hybridized carbons (Fsp3) is 0.375. The molecule has 0 saturated carbocycles. The topological polar surface area (TPSA) is 57.3 Å². The highest BCUT2D eigenvalue weighted by molar-refractivity contribution is 7.13.